The van der Waals surface area contributed by atoms with Crippen LogP contribution in [-0.4, -0.2) is 35.5 Å². The van der Waals surface area contributed by atoms with Crippen molar-refractivity contribution in [2.75, 3.05) is 7.11 Å². The summed E-state index contributed by atoms with van der Waals surface area (Å²) < 4.78 is 11.2. The number of rotatable bonds is 9. The number of ether oxygens (including phenoxy) is 2. The Morgan fingerprint density at radius 3 is 2.26 bits per heavy atom. The maximum atomic E-state index is 13.0. The zero-order valence-corrected chi connectivity index (χ0v) is 19.6. The summed E-state index contributed by atoms with van der Waals surface area (Å²) in [5.41, 5.74) is 3.56. The molecule has 8 heteroatoms. The average Bonchev–Trinajstić information content (AvgIpc) is 3.10. The van der Waals surface area contributed by atoms with Gasteiger partial charge in [-0.2, -0.15) is 5.01 Å². The fourth-order valence-corrected chi connectivity index (χ4v) is 3.82. The molecule has 0 aromatic heterocycles. The van der Waals surface area contributed by atoms with Gasteiger partial charge in [0.1, 0.15) is 12.1 Å². The van der Waals surface area contributed by atoms with Crippen molar-refractivity contribution in [3.05, 3.63) is 95.6 Å². The Kier molecular flexibility index (Phi) is 7.01. The lowest BCUT2D eigenvalue weighted by atomic mass is 9.93. The minimum absolute atomic E-state index is 0.215. The highest BCUT2D eigenvalue weighted by molar-refractivity contribution is 6.09. The van der Waals surface area contributed by atoms with E-state index in [1.807, 2.05) is 60.7 Å². The van der Waals surface area contributed by atoms with E-state index in [0.29, 0.717) is 30.9 Å². The number of nitrogens with zero attached hydrogens (tertiary/aromatic N) is 1. The fourth-order valence-electron chi connectivity index (χ4n) is 3.82. The van der Waals surface area contributed by atoms with Gasteiger partial charge >= 0.3 is 6.03 Å². The molecule has 0 aliphatic carbocycles. The monoisotopic (exact) mass is 473 g/mol. The summed E-state index contributed by atoms with van der Waals surface area (Å²) in [6.45, 7) is 2.00. The first kappa shape index (κ1) is 23.8. The number of hydrogen-bond donors (Lipinski definition) is 2. The van der Waals surface area contributed by atoms with Gasteiger partial charge in [0.15, 0.2) is 11.5 Å². The topological polar surface area (TPSA) is 97.0 Å². The smallest absolute Gasteiger partial charge is 0.344 e. The van der Waals surface area contributed by atoms with Crippen molar-refractivity contribution >= 4 is 17.8 Å². The third-order valence-corrected chi connectivity index (χ3v) is 5.89. The van der Waals surface area contributed by atoms with Gasteiger partial charge in [0.25, 0.3) is 11.8 Å². The summed E-state index contributed by atoms with van der Waals surface area (Å²) in [5, 5.41) is 3.43. The van der Waals surface area contributed by atoms with Crippen LogP contribution in [0.15, 0.2) is 78.9 Å². The van der Waals surface area contributed by atoms with Crippen molar-refractivity contribution in [2.45, 2.75) is 31.9 Å². The molecule has 0 saturated carbocycles. The number of carbonyl (C=O) groups is 3. The van der Waals surface area contributed by atoms with Crippen LogP contribution in [0.1, 0.15) is 34.8 Å². The summed E-state index contributed by atoms with van der Waals surface area (Å²) in [4.78, 5) is 38.4. The number of carbonyl (C=O) groups excluding carboxylic acids is 3. The molecule has 1 unspecified atom stereocenters. The molecule has 1 heterocycles. The van der Waals surface area contributed by atoms with Gasteiger partial charge in [-0.15, -0.1) is 0 Å². The Labute approximate surface area is 203 Å². The molecule has 1 aliphatic rings. The van der Waals surface area contributed by atoms with Gasteiger partial charge in [-0.05, 0) is 49.1 Å². The van der Waals surface area contributed by atoms with Gasteiger partial charge in [-0.25, -0.2) is 4.79 Å². The van der Waals surface area contributed by atoms with Crippen LogP contribution in [0.3, 0.4) is 0 Å². The number of aryl methyl sites for hydroxylation is 1. The molecule has 8 nitrogen and oxygen atoms in total. The maximum absolute atomic E-state index is 13.0. The second-order valence-electron chi connectivity index (χ2n) is 8.47. The van der Waals surface area contributed by atoms with Crippen LogP contribution in [0.2, 0.25) is 0 Å². The van der Waals surface area contributed by atoms with Crippen molar-refractivity contribution in [3.8, 4) is 11.5 Å². The number of nitrogens with one attached hydrogen (secondary N) is 2. The Morgan fingerprint density at radius 2 is 1.60 bits per heavy atom. The summed E-state index contributed by atoms with van der Waals surface area (Å²) >= 11 is 0. The van der Waals surface area contributed by atoms with Crippen LogP contribution in [0.5, 0.6) is 11.5 Å². The highest BCUT2D eigenvalue weighted by Crippen LogP contribution is 2.29. The van der Waals surface area contributed by atoms with E-state index >= 15 is 0 Å². The summed E-state index contributed by atoms with van der Waals surface area (Å²) in [7, 11) is 1.47. The summed E-state index contributed by atoms with van der Waals surface area (Å²) in [6.07, 6.45) is 1.00. The highest BCUT2D eigenvalue weighted by Gasteiger charge is 2.48. The second-order valence-corrected chi connectivity index (χ2v) is 8.47. The van der Waals surface area contributed by atoms with Crippen molar-refractivity contribution in [2.24, 2.45) is 0 Å². The molecule has 0 spiro atoms. The number of urea groups is 1. The average molecular weight is 474 g/mol. The lowest BCUT2D eigenvalue weighted by Crippen LogP contribution is -2.48. The van der Waals surface area contributed by atoms with Crippen molar-refractivity contribution in [3.63, 3.8) is 0 Å². The van der Waals surface area contributed by atoms with E-state index in [2.05, 4.69) is 10.7 Å². The second kappa shape index (κ2) is 10.3. The number of methoxy groups -OCH3 is 1. The van der Waals surface area contributed by atoms with Crippen molar-refractivity contribution in [1.82, 2.24) is 15.8 Å². The molecule has 0 bridgehead atoms. The third-order valence-electron chi connectivity index (χ3n) is 5.89. The molecule has 3 aromatic rings. The van der Waals surface area contributed by atoms with Gasteiger partial charge in [-0.3, -0.25) is 15.0 Å². The first-order chi connectivity index (χ1) is 16.9. The zero-order chi connectivity index (χ0) is 24.8. The van der Waals surface area contributed by atoms with Crippen LogP contribution >= 0.6 is 0 Å². The standard InChI is InChI=1S/C27H27N3O5/c1-27(16-15-19-9-5-3-6-10-19)25(32)30(26(33)28-27)29-24(31)21-13-14-22(23(17-21)34-2)35-18-20-11-7-4-8-12-20/h3-14,17H,15-16,18H2,1-2H3,(H,28,33)(H,29,31). The molecular weight excluding hydrogens is 446 g/mol. The molecule has 4 amide bonds. The van der Waals surface area contributed by atoms with E-state index in [1.165, 1.54) is 13.2 Å². The maximum Gasteiger partial charge on any atom is 0.344 e. The molecule has 3 aromatic carbocycles. The van der Waals surface area contributed by atoms with E-state index in [9.17, 15) is 14.4 Å². The first-order valence-electron chi connectivity index (χ1n) is 11.3. The van der Waals surface area contributed by atoms with Crippen molar-refractivity contribution in [1.29, 1.82) is 0 Å². The first-order valence-corrected chi connectivity index (χ1v) is 11.3. The molecule has 1 atom stereocenters. The summed E-state index contributed by atoms with van der Waals surface area (Å²) in [5.74, 6) is -0.301. The van der Waals surface area contributed by atoms with Crippen LogP contribution in [-0.2, 0) is 17.8 Å². The lowest BCUT2D eigenvalue weighted by molar-refractivity contribution is -0.132. The minimum atomic E-state index is -1.12. The van der Waals surface area contributed by atoms with Crippen molar-refractivity contribution < 1.29 is 23.9 Å². The Morgan fingerprint density at radius 1 is 0.943 bits per heavy atom. The Balaban J connectivity index is 1.41. The largest absolute Gasteiger partial charge is 0.493 e. The number of imide groups is 1. The number of benzene rings is 3. The lowest BCUT2D eigenvalue weighted by Gasteiger charge is -2.21. The predicted molar refractivity (Wildman–Crippen MR) is 130 cm³/mol. The molecule has 1 aliphatic heterocycles. The molecule has 1 saturated heterocycles. The molecule has 4 rings (SSSR count). The molecule has 180 valence electrons. The zero-order valence-electron chi connectivity index (χ0n) is 19.6. The van der Waals surface area contributed by atoms with E-state index < -0.39 is 23.4 Å². The predicted octanol–water partition coefficient (Wildman–Crippen LogP) is 3.86. The third kappa shape index (κ3) is 5.43. The van der Waals surface area contributed by atoms with Gasteiger partial charge in [-0.1, -0.05) is 60.7 Å². The molecule has 0 radical (unpaired) electrons. The SMILES string of the molecule is COc1cc(C(=O)NN2C(=O)NC(C)(CCc3ccccc3)C2=O)ccc1OCc1ccccc1. The quantitative estimate of drug-likeness (QED) is 0.460. The number of hydrazine groups is 1. The number of amides is 4. The van der Waals surface area contributed by atoms with Crippen LogP contribution < -0.4 is 20.2 Å². The van der Waals surface area contributed by atoms with E-state index in [-0.39, 0.29) is 5.56 Å². The van der Waals surface area contributed by atoms with E-state index in [4.69, 9.17) is 9.47 Å². The van der Waals surface area contributed by atoms with Gasteiger partial charge in [0, 0.05) is 5.56 Å². The molecule has 1 fully saturated rings. The van der Waals surface area contributed by atoms with E-state index in [1.54, 1.807) is 19.1 Å². The fraction of sp³-hybridized carbons (Fsp3) is 0.222. The molecule has 35 heavy (non-hydrogen) atoms. The summed E-state index contributed by atoms with van der Waals surface area (Å²) in [6, 6.07) is 23.3. The van der Waals surface area contributed by atoms with Gasteiger partial charge in [0.2, 0.25) is 0 Å². The van der Waals surface area contributed by atoms with Crippen LogP contribution in [0.4, 0.5) is 4.79 Å². The Hall–Kier alpha value is -4.33. The number of hydrogen-bond acceptors (Lipinski definition) is 5. The molecule has 2 N–H and O–H groups in total. The van der Waals surface area contributed by atoms with E-state index in [0.717, 1.165) is 16.1 Å². The highest BCUT2D eigenvalue weighted by atomic mass is 16.5. The Bertz CT molecular complexity index is 1220. The van der Waals surface area contributed by atoms with Crippen LogP contribution in [0.25, 0.3) is 0 Å². The normalized spacial score (nSPS) is 17.1. The minimum Gasteiger partial charge on any atom is -0.493 e. The van der Waals surface area contributed by atoms with Gasteiger partial charge in [0.05, 0.1) is 7.11 Å². The van der Waals surface area contributed by atoms with Gasteiger partial charge < -0.3 is 14.8 Å². The van der Waals surface area contributed by atoms with Crippen LogP contribution in [0, 0.1) is 0 Å². The molecular formula is C27H27N3O5.